The van der Waals surface area contributed by atoms with Crippen LogP contribution in [0.4, 0.5) is 0 Å². The van der Waals surface area contributed by atoms with Crippen LogP contribution in [-0.4, -0.2) is 12.1 Å². The van der Waals surface area contributed by atoms with Crippen LogP contribution in [0.5, 0.6) is 5.75 Å². The molecule has 1 aromatic heterocycles. The van der Waals surface area contributed by atoms with Gasteiger partial charge in [-0.25, -0.2) is 0 Å². The van der Waals surface area contributed by atoms with Crippen LogP contribution >= 0.6 is 0 Å². The molecule has 0 saturated carbocycles. The topological polar surface area (TPSA) is 25.0 Å². The molecule has 0 fully saturated rings. The summed E-state index contributed by atoms with van der Waals surface area (Å²) in [7, 11) is 1.70. The van der Waals surface area contributed by atoms with Crippen molar-refractivity contribution in [3.05, 3.63) is 78.9 Å². The van der Waals surface area contributed by atoms with Crippen LogP contribution in [0.1, 0.15) is 0 Å². The Balaban J connectivity index is 1.74. The SMILES string of the molecule is COc1cccc2[nH]c(-c3ccc(-c4ccccc4)cc3)cc12. The van der Waals surface area contributed by atoms with E-state index in [1.165, 1.54) is 16.7 Å². The van der Waals surface area contributed by atoms with Crippen molar-refractivity contribution in [1.82, 2.24) is 4.98 Å². The Kier molecular flexibility index (Phi) is 3.35. The van der Waals surface area contributed by atoms with Gasteiger partial charge in [0.25, 0.3) is 0 Å². The van der Waals surface area contributed by atoms with Crippen molar-refractivity contribution in [3.8, 4) is 28.1 Å². The summed E-state index contributed by atoms with van der Waals surface area (Å²) in [4.78, 5) is 3.47. The van der Waals surface area contributed by atoms with E-state index in [0.29, 0.717) is 0 Å². The summed E-state index contributed by atoms with van der Waals surface area (Å²) in [6.45, 7) is 0. The predicted octanol–water partition coefficient (Wildman–Crippen LogP) is 5.51. The maximum atomic E-state index is 5.43. The summed E-state index contributed by atoms with van der Waals surface area (Å²) in [5, 5.41) is 1.11. The van der Waals surface area contributed by atoms with Gasteiger partial charge < -0.3 is 9.72 Å². The Bertz CT molecular complexity index is 937. The van der Waals surface area contributed by atoms with Crippen LogP contribution in [0.2, 0.25) is 0 Å². The van der Waals surface area contributed by atoms with Gasteiger partial charge in [0.05, 0.1) is 7.11 Å². The predicted molar refractivity (Wildman–Crippen MR) is 95.7 cm³/mol. The zero-order chi connectivity index (χ0) is 15.6. The van der Waals surface area contributed by atoms with Gasteiger partial charge in [0, 0.05) is 16.6 Å². The third-order valence-electron chi connectivity index (χ3n) is 4.15. The Morgan fingerprint density at radius 2 is 1.39 bits per heavy atom. The van der Waals surface area contributed by atoms with Crippen molar-refractivity contribution in [2.75, 3.05) is 7.11 Å². The Hall–Kier alpha value is -3.00. The highest BCUT2D eigenvalue weighted by Crippen LogP contribution is 2.31. The molecule has 1 heterocycles. The molecule has 0 aliphatic carbocycles. The maximum absolute atomic E-state index is 5.43. The number of H-pyrrole nitrogens is 1. The van der Waals surface area contributed by atoms with E-state index < -0.39 is 0 Å². The van der Waals surface area contributed by atoms with E-state index in [1.54, 1.807) is 7.11 Å². The molecule has 1 N–H and O–H groups in total. The molecule has 0 radical (unpaired) electrons. The third kappa shape index (κ3) is 2.49. The zero-order valence-corrected chi connectivity index (χ0v) is 12.9. The number of benzene rings is 3. The van der Waals surface area contributed by atoms with Crippen molar-refractivity contribution in [3.63, 3.8) is 0 Å². The van der Waals surface area contributed by atoms with Gasteiger partial charge in [-0.2, -0.15) is 0 Å². The largest absolute Gasteiger partial charge is 0.496 e. The van der Waals surface area contributed by atoms with Gasteiger partial charge in [-0.05, 0) is 34.9 Å². The minimum atomic E-state index is 0.894. The van der Waals surface area contributed by atoms with Gasteiger partial charge >= 0.3 is 0 Å². The standard InChI is InChI=1S/C21H17NO/c1-23-21-9-5-8-19-18(21)14-20(22-19)17-12-10-16(11-13-17)15-6-3-2-4-7-15/h2-14,22H,1H3. The molecule has 23 heavy (non-hydrogen) atoms. The first-order valence-corrected chi connectivity index (χ1v) is 7.67. The Labute approximate surface area is 135 Å². The van der Waals surface area contributed by atoms with E-state index in [4.69, 9.17) is 4.74 Å². The number of fused-ring (bicyclic) bond motifs is 1. The summed E-state index contributed by atoms with van der Waals surface area (Å²) >= 11 is 0. The lowest BCUT2D eigenvalue weighted by Gasteiger charge is -2.03. The minimum absolute atomic E-state index is 0.894. The van der Waals surface area contributed by atoms with E-state index in [-0.39, 0.29) is 0 Å². The molecule has 0 amide bonds. The number of hydrogen-bond acceptors (Lipinski definition) is 1. The second-order valence-electron chi connectivity index (χ2n) is 5.55. The zero-order valence-electron chi connectivity index (χ0n) is 12.9. The van der Waals surface area contributed by atoms with Crippen LogP contribution in [0.15, 0.2) is 78.9 Å². The average molecular weight is 299 g/mol. The smallest absolute Gasteiger partial charge is 0.128 e. The van der Waals surface area contributed by atoms with E-state index in [1.807, 2.05) is 18.2 Å². The van der Waals surface area contributed by atoms with E-state index in [2.05, 4.69) is 65.6 Å². The fourth-order valence-electron chi connectivity index (χ4n) is 2.93. The van der Waals surface area contributed by atoms with Crippen molar-refractivity contribution in [2.45, 2.75) is 0 Å². The number of ether oxygens (including phenoxy) is 1. The second-order valence-corrected chi connectivity index (χ2v) is 5.55. The van der Waals surface area contributed by atoms with Gasteiger partial charge in [-0.1, -0.05) is 60.7 Å². The van der Waals surface area contributed by atoms with Crippen molar-refractivity contribution >= 4 is 10.9 Å². The van der Waals surface area contributed by atoms with Crippen molar-refractivity contribution in [1.29, 1.82) is 0 Å². The van der Waals surface area contributed by atoms with Gasteiger partial charge in [0.15, 0.2) is 0 Å². The molecular formula is C21H17NO. The summed E-state index contributed by atoms with van der Waals surface area (Å²) in [6, 6.07) is 27.2. The highest BCUT2D eigenvalue weighted by molar-refractivity contribution is 5.91. The van der Waals surface area contributed by atoms with Gasteiger partial charge in [-0.15, -0.1) is 0 Å². The van der Waals surface area contributed by atoms with Crippen LogP contribution in [0, 0.1) is 0 Å². The number of rotatable bonds is 3. The van der Waals surface area contributed by atoms with Gasteiger partial charge in [0.2, 0.25) is 0 Å². The first-order chi connectivity index (χ1) is 11.3. The van der Waals surface area contributed by atoms with Crippen LogP contribution in [0.25, 0.3) is 33.3 Å². The molecule has 0 aliphatic rings. The normalized spacial score (nSPS) is 10.8. The molecule has 2 nitrogen and oxygen atoms in total. The first kappa shape index (κ1) is 13.6. The number of nitrogens with one attached hydrogen (secondary N) is 1. The number of aromatic amines is 1. The Morgan fingerprint density at radius 1 is 0.696 bits per heavy atom. The highest BCUT2D eigenvalue weighted by Gasteiger charge is 2.07. The number of hydrogen-bond donors (Lipinski definition) is 1. The highest BCUT2D eigenvalue weighted by atomic mass is 16.5. The van der Waals surface area contributed by atoms with E-state index in [9.17, 15) is 0 Å². The van der Waals surface area contributed by atoms with E-state index in [0.717, 1.165) is 22.3 Å². The average Bonchev–Trinajstić information content (AvgIpc) is 3.07. The number of aromatic nitrogens is 1. The lowest BCUT2D eigenvalue weighted by atomic mass is 10.0. The maximum Gasteiger partial charge on any atom is 0.128 e. The second kappa shape index (κ2) is 5.65. The lowest BCUT2D eigenvalue weighted by molar-refractivity contribution is 0.420. The fourth-order valence-corrected chi connectivity index (χ4v) is 2.93. The molecule has 4 aromatic rings. The molecule has 0 atom stereocenters. The van der Waals surface area contributed by atoms with Crippen LogP contribution in [-0.2, 0) is 0 Å². The first-order valence-electron chi connectivity index (χ1n) is 7.67. The van der Waals surface area contributed by atoms with Crippen LogP contribution in [0.3, 0.4) is 0 Å². The van der Waals surface area contributed by atoms with Crippen molar-refractivity contribution in [2.24, 2.45) is 0 Å². The summed E-state index contributed by atoms with van der Waals surface area (Å²) < 4.78 is 5.43. The lowest BCUT2D eigenvalue weighted by Crippen LogP contribution is -1.81. The molecule has 0 unspecified atom stereocenters. The van der Waals surface area contributed by atoms with E-state index >= 15 is 0 Å². The molecule has 112 valence electrons. The molecule has 4 rings (SSSR count). The molecule has 0 aliphatic heterocycles. The summed E-state index contributed by atoms with van der Waals surface area (Å²) in [5.74, 6) is 0.894. The Morgan fingerprint density at radius 3 is 2.13 bits per heavy atom. The summed E-state index contributed by atoms with van der Waals surface area (Å²) in [6.07, 6.45) is 0. The third-order valence-corrected chi connectivity index (χ3v) is 4.15. The molecular weight excluding hydrogens is 282 g/mol. The summed E-state index contributed by atoms with van der Waals surface area (Å²) in [5.41, 5.74) is 5.82. The minimum Gasteiger partial charge on any atom is -0.496 e. The van der Waals surface area contributed by atoms with Gasteiger partial charge in [0.1, 0.15) is 5.75 Å². The molecule has 0 spiro atoms. The molecule has 0 bridgehead atoms. The molecule has 3 aromatic carbocycles. The van der Waals surface area contributed by atoms with Crippen LogP contribution < -0.4 is 4.74 Å². The molecule has 0 saturated heterocycles. The number of methoxy groups -OCH3 is 1. The fraction of sp³-hybridized carbons (Fsp3) is 0.0476. The van der Waals surface area contributed by atoms with Crippen molar-refractivity contribution < 1.29 is 4.74 Å². The monoisotopic (exact) mass is 299 g/mol. The molecule has 2 heteroatoms. The van der Waals surface area contributed by atoms with Gasteiger partial charge in [-0.3, -0.25) is 0 Å². The quantitative estimate of drug-likeness (QED) is 0.530.